The highest BCUT2D eigenvalue weighted by atomic mass is 32.3. The summed E-state index contributed by atoms with van der Waals surface area (Å²) in [7, 11) is -4.75. The van der Waals surface area contributed by atoms with Crippen molar-refractivity contribution in [1.29, 1.82) is 0 Å². The minimum Gasteiger partial charge on any atom is -0.300 e. The third kappa shape index (κ3) is 2.09. The first-order valence-corrected chi connectivity index (χ1v) is 5.75. The van der Waals surface area contributed by atoms with Gasteiger partial charge in [0.25, 0.3) is 5.16 Å². The van der Waals surface area contributed by atoms with Crippen molar-refractivity contribution >= 4 is 10.2 Å². The van der Waals surface area contributed by atoms with Gasteiger partial charge in [-0.3, -0.25) is 4.57 Å². The van der Waals surface area contributed by atoms with Crippen molar-refractivity contribution in [3.05, 3.63) is 5.82 Å². The molecule has 14 heavy (non-hydrogen) atoms. The average molecular weight is 221 g/mol. The third-order valence-corrected chi connectivity index (χ3v) is 2.54. The topological polar surface area (TPSA) is 64.8 Å². The molecule has 1 heterocycles. The van der Waals surface area contributed by atoms with Crippen LogP contribution in [-0.4, -0.2) is 23.2 Å². The first kappa shape index (κ1) is 11.1. The first-order valence-electron chi connectivity index (χ1n) is 4.37. The molecule has 0 saturated carbocycles. The lowest BCUT2D eigenvalue weighted by Crippen LogP contribution is -2.08. The molecule has 1 rings (SSSR count). The fourth-order valence-corrected chi connectivity index (χ4v) is 1.86. The fraction of sp³-hybridized carbons (Fsp3) is 0.714. The summed E-state index contributed by atoms with van der Waals surface area (Å²) in [5, 5.41) is 6.37. The summed E-state index contributed by atoms with van der Waals surface area (Å²) in [6.07, 6.45) is 1.40. The van der Waals surface area contributed by atoms with E-state index in [0.29, 0.717) is 18.8 Å². The zero-order chi connectivity index (χ0) is 10.8. The van der Waals surface area contributed by atoms with Crippen LogP contribution in [0.25, 0.3) is 0 Å². The summed E-state index contributed by atoms with van der Waals surface area (Å²) in [5.41, 5.74) is 0. The number of nitrogens with zero attached hydrogens (tertiary/aromatic N) is 3. The highest BCUT2D eigenvalue weighted by Gasteiger charge is 2.22. The molecule has 0 aliphatic carbocycles. The van der Waals surface area contributed by atoms with Crippen molar-refractivity contribution in [3.63, 3.8) is 0 Å². The summed E-state index contributed by atoms with van der Waals surface area (Å²) in [6.45, 7) is 4.00. The van der Waals surface area contributed by atoms with E-state index in [1.807, 2.05) is 6.92 Å². The van der Waals surface area contributed by atoms with Gasteiger partial charge in [0.05, 0.1) is 0 Å². The van der Waals surface area contributed by atoms with Crippen molar-refractivity contribution in [2.45, 2.75) is 38.4 Å². The van der Waals surface area contributed by atoms with Crippen molar-refractivity contribution in [1.82, 2.24) is 14.8 Å². The zero-order valence-corrected chi connectivity index (χ0v) is 8.88. The van der Waals surface area contributed by atoms with Gasteiger partial charge in [0.1, 0.15) is 5.82 Å². The number of hydrogen-bond acceptors (Lipinski definition) is 4. The van der Waals surface area contributed by atoms with E-state index in [2.05, 4.69) is 10.2 Å². The van der Waals surface area contributed by atoms with Crippen LogP contribution < -0.4 is 0 Å². The second kappa shape index (κ2) is 4.04. The molecule has 0 radical (unpaired) electrons. The molecule has 0 N–H and O–H groups in total. The normalized spacial score (nSPS) is 11.9. The van der Waals surface area contributed by atoms with E-state index in [1.165, 1.54) is 4.57 Å². The minimum atomic E-state index is -4.75. The highest BCUT2D eigenvalue weighted by Crippen LogP contribution is 2.12. The number of rotatable bonds is 4. The lowest BCUT2D eigenvalue weighted by Gasteiger charge is -2.02. The Morgan fingerprint density at radius 3 is 2.43 bits per heavy atom. The maximum Gasteiger partial charge on any atom is 0.368 e. The molecule has 80 valence electrons. The van der Waals surface area contributed by atoms with E-state index in [0.717, 1.165) is 6.42 Å². The van der Waals surface area contributed by atoms with E-state index < -0.39 is 15.4 Å². The molecule has 1 aromatic rings. The maximum absolute atomic E-state index is 12.7. The second-order valence-corrected chi connectivity index (χ2v) is 4.07. The molecule has 0 saturated heterocycles. The molecule has 0 amide bonds. The monoisotopic (exact) mass is 221 g/mol. The lowest BCUT2D eigenvalue weighted by molar-refractivity contribution is 0.522. The molecular formula is C7H12FN3O2S. The summed E-state index contributed by atoms with van der Waals surface area (Å²) < 4.78 is 35.2. The number of aromatic nitrogens is 3. The van der Waals surface area contributed by atoms with Crippen LogP contribution in [0.5, 0.6) is 0 Å². The lowest BCUT2D eigenvalue weighted by atomic mass is 10.3. The zero-order valence-electron chi connectivity index (χ0n) is 8.07. The standard InChI is InChI=1S/C7H12FN3O2S/c1-3-5-6-9-10-7(11(6)4-2)14(8,12)13/h3-5H2,1-2H3. The quantitative estimate of drug-likeness (QED) is 0.709. The van der Waals surface area contributed by atoms with E-state index in [1.54, 1.807) is 6.92 Å². The van der Waals surface area contributed by atoms with Crippen LogP contribution in [-0.2, 0) is 23.2 Å². The van der Waals surface area contributed by atoms with Gasteiger partial charge in [0.2, 0.25) is 0 Å². The van der Waals surface area contributed by atoms with Crippen LogP contribution in [0.1, 0.15) is 26.1 Å². The van der Waals surface area contributed by atoms with Crippen molar-refractivity contribution in [2.24, 2.45) is 0 Å². The molecule has 1 aromatic heterocycles. The molecule has 0 atom stereocenters. The molecule has 0 unspecified atom stereocenters. The van der Waals surface area contributed by atoms with E-state index in [9.17, 15) is 12.3 Å². The number of hydrogen-bond donors (Lipinski definition) is 0. The van der Waals surface area contributed by atoms with Crippen LogP contribution in [0.4, 0.5) is 3.89 Å². The number of halogens is 1. The Kier molecular flexibility index (Phi) is 3.20. The van der Waals surface area contributed by atoms with Gasteiger partial charge >= 0.3 is 10.2 Å². The Morgan fingerprint density at radius 1 is 1.36 bits per heavy atom. The van der Waals surface area contributed by atoms with Crippen LogP contribution in [0.3, 0.4) is 0 Å². The van der Waals surface area contributed by atoms with E-state index in [-0.39, 0.29) is 0 Å². The fourth-order valence-electron chi connectivity index (χ4n) is 1.23. The van der Waals surface area contributed by atoms with E-state index in [4.69, 9.17) is 0 Å². The Balaban J connectivity index is 3.21. The molecule has 5 nitrogen and oxygen atoms in total. The molecule has 0 aliphatic rings. The minimum absolute atomic E-state index is 0.348. The summed E-state index contributed by atoms with van der Waals surface area (Å²) in [4.78, 5) is 0. The summed E-state index contributed by atoms with van der Waals surface area (Å²) in [6, 6.07) is 0. The van der Waals surface area contributed by atoms with Gasteiger partial charge < -0.3 is 0 Å². The van der Waals surface area contributed by atoms with Gasteiger partial charge in [-0.1, -0.05) is 10.8 Å². The van der Waals surface area contributed by atoms with Gasteiger partial charge in [0.15, 0.2) is 0 Å². The Morgan fingerprint density at radius 2 is 2.00 bits per heavy atom. The first-order chi connectivity index (χ1) is 6.50. The largest absolute Gasteiger partial charge is 0.368 e. The van der Waals surface area contributed by atoms with Crippen LogP contribution in [0, 0.1) is 0 Å². The Labute approximate surface area is 82.2 Å². The predicted molar refractivity (Wildman–Crippen MR) is 48.0 cm³/mol. The van der Waals surface area contributed by atoms with Crippen LogP contribution >= 0.6 is 0 Å². The molecule has 0 spiro atoms. The SMILES string of the molecule is CCCc1nnc(S(=O)(=O)F)n1CC. The van der Waals surface area contributed by atoms with Crippen molar-refractivity contribution in [2.75, 3.05) is 0 Å². The second-order valence-electron chi connectivity index (χ2n) is 2.83. The van der Waals surface area contributed by atoms with Gasteiger partial charge in [0, 0.05) is 13.0 Å². The smallest absolute Gasteiger partial charge is 0.300 e. The molecule has 0 aromatic carbocycles. The van der Waals surface area contributed by atoms with Gasteiger partial charge in [-0.25, -0.2) is 0 Å². The molecule has 0 bridgehead atoms. The molecule has 7 heteroatoms. The van der Waals surface area contributed by atoms with E-state index >= 15 is 0 Å². The van der Waals surface area contributed by atoms with Crippen molar-refractivity contribution < 1.29 is 12.3 Å². The molecule has 0 aliphatic heterocycles. The van der Waals surface area contributed by atoms with Crippen molar-refractivity contribution in [3.8, 4) is 0 Å². The Bertz CT molecular complexity index is 413. The Hall–Kier alpha value is -0.980. The number of aryl methyl sites for hydroxylation is 1. The van der Waals surface area contributed by atoms with Crippen LogP contribution in [0.2, 0.25) is 0 Å². The van der Waals surface area contributed by atoms with Gasteiger partial charge in [-0.05, 0) is 13.3 Å². The summed E-state index contributed by atoms with van der Waals surface area (Å²) >= 11 is 0. The predicted octanol–water partition coefficient (Wildman–Crippen LogP) is 0.909. The highest BCUT2D eigenvalue weighted by molar-refractivity contribution is 7.86. The maximum atomic E-state index is 12.7. The molecule has 0 fully saturated rings. The summed E-state index contributed by atoms with van der Waals surface area (Å²) in [5.74, 6) is 0.506. The third-order valence-electron chi connectivity index (χ3n) is 1.80. The molecular weight excluding hydrogens is 209 g/mol. The van der Waals surface area contributed by atoms with Gasteiger partial charge in [-0.15, -0.1) is 10.2 Å². The van der Waals surface area contributed by atoms with Crippen LogP contribution in [0.15, 0.2) is 5.16 Å². The average Bonchev–Trinajstić information content (AvgIpc) is 2.47. The van der Waals surface area contributed by atoms with Gasteiger partial charge in [-0.2, -0.15) is 8.42 Å².